The number of hydrogen-bond donors (Lipinski definition) is 3. The smallest absolute Gasteiger partial charge is 0.337 e. The Morgan fingerprint density at radius 2 is 1.50 bits per heavy atom. The second-order valence-corrected chi connectivity index (χ2v) is 7.94. The number of urea groups is 1. The Bertz CT molecular complexity index is 873. The lowest BCUT2D eigenvalue weighted by Gasteiger charge is -2.28. The lowest BCUT2D eigenvalue weighted by molar-refractivity contribution is -0.155. The fourth-order valence-electron chi connectivity index (χ4n) is 3.08. The molecule has 0 aliphatic rings. The van der Waals surface area contributed by atoms with E-state index in [4.69, 9.17) is 4.74 Å². The van der Waals surface area contributed by atoms with Crippen LogP contribution in [0.3, 0.4) is 0 Å². The number of hydrogen-bond acceptors (Lipinski definition) is 5. The summed E-state index contributed by atoms with van der Waals surface area (Å²) in [5.74, 6) is -1.99. The Hall–Kier alpha value is -3.39. The molecule has 0 spiro atoms. The first kappa shape index (κ1) is 24.9. The molecule has 8 heteroatoms. The van der Waals surface area contributed by atoms with Crippen molar-refractivity contribution in [1.82, 2.24) is 10.2 Å². The second-order valence-electron chi connectivity index (χ2n) is 7.94. The third-order valence-corrected chi connectivity index (χ3v) is 4.64. The number of esters is 1. The number of nitrogens with zero attached hydrogens (tertiary/aromatic N) is 1. The van der Waals surface area contributed by atoms with Crippen molar-refractivity contribution in [2.24, 2.45) is 5.92 Å². The number of aliphatic hydroxyl groups is 1. The summed E-state index contributed by atoms with van der Waals surface area (Å²) in [6.07, 6.45) is -1.44. The first-order valence-corrected chi connectivity index (χ1v) is 10.5. The van der Waals surface area contributed by atoms with E-state index in [1.54, 1.807) is 36.4 Å². The number of carbonyl (C=O) groups is 3. The van der Waals surface area contributed by atoms with Crippen LogP contribution < -0.4 is 5.32 Å². The van der Waals surface area contributed by atoms with E-state index in [1.807, 2.05) is 38.1 Å². The molecule has 0 saturated heterocycles. The van der Waals surface area contributed by atoms with E-state index in [9.17, 15) is 24.6 Å². The number of ether oxygens (including phenoxy) is 1. The van der Waals surface area contributed by atoms with Crippen LogP contribution in [0.25, 0.3) is 0 Å². The molecule has 32 heavy (non-hydrogen) atoms. The summed E-state index contributed by atoms with van der Waals surface area (Å²) in [6.45, 7) is 3.67. The van der Waals surface area contributed by atoms with Crippen molar-refractivity contribution in [1.29, 1.82) is 0 Å². The molecular weight excluding hydrogens is 412 g/mol. The zero-order chi connectivity index (χ0) is 23.5. The summed E-state index contributed by atoms with van der Waals surface area (Å²) in [5, 5.41) is 22.3. The van der Waals surface area contributed by atoms with Crippen LogP contribution in [0.15, 0.2) is 60.7 Å². The number of aliphatic carboxylic acids is 1. The SMILES string of the molecule is CC(C)CN(CC(O)C(=O)OCc1ccccc1)C(=O)N[C@@H](Cc1ccccc1)C(=O)O. The van der Waals surface area contributed by atoms with E-state index >= 15 is 0 Å². The van der Waals surface area contributed by atoms with Gasteiger partial charge in [-0.15, -0.1) is 0 Å². The lowest BCUT2D eigenvalue weighted by Crippen LogP contribution is -2.52. The minimum Gasteiger partial charge on any atom is -0.480 e. The molecule has 1 unspecified atom stereocenters. The molecule has 2 atom stereocenters. The van der Waals surface area contributed by atoms with Crippen molar-refractivity contribution < 1.29 is 29.3 Å². The van der Waals surface area contributed by atoms with Gasteiger partial charge >= 0.3 is 18.0 Å². The molecule has 2 aromatic rings. The number of nitrogens with one attached hydrogen (secondary N) is 1. The third-order valence-electron chi connectivity index (χ3n) is 4.64. The van der Waals surface area contributed by atoms with Gasteiger partial charge in [0.25, 0.3) is 0 Å². The van der Waals surface area contributed by atoms with Crippen LogP contribution in [0.5, 0.6) is 0 Å². The predicted octanol–water partition coefficient (Wildman–Crippen LogP) is 2.45. The number of aliphatic hydroxyl groups excluding tert-OH is 1. The topological polar surface area (TPSA) is 116 Å². The van der Waals surface area contributed by atoms with Gasteiger partial charge in [0.05, 0.1) is 6.54 Å². The first-order valence-electron chi connectivity index (χ1n) is 10.5. The molecule has 0 saturated carbocycles. The van der Waals surface area contributed by atoms with Gasteiger partial charge in [0.15, 0.2) is 6.10 Å². The van der Waals surface area contributed by atoms with Gasteiger partial charge in [-0.2, -0.15) is 0 Å². The molecule has 0 aliphatic carbocycles. The van der Waals surface area contributed by atoms with Crippen molar-refractivity contribution in [3.05, 3.63) is 71.8 Å². The van der Waals surface area contributed by atoms with Gasteiger partial charge in [0.1, 0.15) is 12.6 Å². The molecule has 0 heterocycles. The molecule has 0 fully saturated rings. The summed E-state index contributed by atoms with van der Waals surface area (Å²) in [7, 11) is 0. The highest BCUT2D eigenvalue weighted by atomic mass is 16.5. The van der Waals surface area contributed by atoms with Crippen LogP contribution in [0, 0.1) is 5.92 Å². The minimum absolute atomic E-state index is 0.00523. The predicted molar refractivity (Wildman–Crippen MR) is 119 cm³/mol. The van der Waals surface area contributed by atoms with Gasteiger partial charge in [-0.05, 0) is 17.0 Å². The molecule has 0 bridgehead atoms. The summed E-state index contributed by atoms with van der Waals surface area (Å²) in [4.78, 5) is 37.9. The number of carboxylic acids is 1. The van der Waals surface area contributed by atoms with Crippen molar-refractivity contribution in [2.75, 3.05) is 13.1 Å². The van der Waals surface area contributed by atoms with E-state index in [-0.39, 0.29) is 32.0 Å². The number of carbonyl (C=O) groups excluding carboxylic acids is 2. The van der Waals surface area contributed by atoms with Gasteiger partial charge in [0.2, 0.25) is 0 Å². The molecule has 0 radical (unpaired) electrons. The van der Waals surface area contributed by atoms with Gasteiger partial charge in [-0.1, -0.05) is 74.5 Å². The maximum atomic E-state index is 12.8. The minimum atomic E-state index is -1.55. The number of amides is 2. The van der Waals surface area contributed by atoms with E-state index in [0.717, 1.165) is 11.1 Å². The zero-order valence-corrected chi connectivity index (χ0v) is 18.3. The normalized spacial score (nSPS) is 12.6. The Morgan fingerprint density at radius 1 is 0.938 bits per heavy atom. The maximum absolute atomic E-state index is 12.8. The van der Waals surface area contributed by atoms with Gasteiger partial charge in [-0.25, -0.2) is 14.4 Å². The average molecular weight is 443 g/mol. The average Bonchev–Trinajstić information content (AvgIpc) is 2.77. The van der Waals surface area contributed by atoms with Crippen LogP contribution in [-0.2, 0) is 27.4 Å². The van der Waals surface area contributed by atoms with Crippen molar-refractivity contribution in [3.63, 3.8) is 0 Å². The van der Waals surface area contributed by atoms with Gasteiger partial charge in [0, 0.05) is 13.0 Å². The van der Waals surface area contributed by atoms with Crippen molar-refractivity contribution in [2.45, 2.75) is 39.0 Å². The van der Waals surface area contributed by atoms with Crippen LogP contribution in [-0.4, -0.2) is 58.3 Å². The summed E-state index contributed by atoms with van der Waals surface area (Å²) >= 11 is 0. The molecule has 0 aliphatic heterocycles. The van der Waals surface area contributed by atoms with E-state index < -0.39 is 30.1 Å². The van der Waals surface area contributed by atoms with Crippen LogP contribution in [0.1, 0.15) is 25.0 Å². The van der Waals surface area contributed by atoms with E-state index in [2.05, 4.69) is 5.32 Å². The molecule has 0 aromatic heterocycles. The van der Waals surface area contributed by atoms with Crippen molar-refractivity contribution in [3.8, 4) is 0 Å². The number of carboxylic acid groups (broad SMARTS) is 1. The zero-order valence-electron chi connectivity index (χ0n) is 18.3. The fourth-order valence-corrected chi connectivity index (χ4v) is 3.08. The monoisotopic (exact) mass is 442 g/mol. The highest BCUT2D eigenvalue weighted by Crippen LogP contribution is 2.08. The highest BCUT2D eigenvalue weighted by Gasteiger charge is 2.28. The van der Waals surface area contributed by atoms with Crippen LogP contribution in [0.2, 0.25) is 0 Å². The lowest BCUT2D eigenvalue weighted by atomic mass is 10.1. The summed E-state index contributed by atoms with van der Waals surface area (Å²) in [5.41, 5.74) is 1.54. The second kappa shape index (κ2) is 12.5. The highest BCUT2D eigenvalue weighted by molar-refractivity contribution is 5.83. The Balaban J connectivity index is 1.99. The first-order chi connectivity index (χ1) is 15.3. The fraction of sp³-hybridized carbons (Fsp3) is 0.375. The Morgan fingerprint density at radius 3 is 2.03 bits per heavy atom. The van der Waals surface area contributed by atoms with Crippen LogP contribution in [0.4, 0.5) is 4.79 Å². The molecule has 2 aromatic carbocycles. The summed E-state index contributed by atoms with van der Waals surface area (Å²) in [6, 6.07) is 16.2. The number of rotatable bonds is 11. The largest absolute Gasteiger partial charge is 0.480 e. The van der Waals surface area contributed by atoms with E-state index in [0.29, 0.717) is 0 Å². The van der Waals surface area contributed by atoms with Gasteiger partial charge < -0.3 is 25.2 Å². The Kier molecular flexibility index (Phi) is 9.69. The van der Waals surface area contributed by atoms with Crippen LogP contribution >= 0.6 is 0 Å². The quantitative estimate of drug-likeness (QED) is 0.461. The van der Waals surface area contributed by atoms with Crippen molar-refractivity contribution >= 4 is 18.0 Å². The maximum Gasteiger partial charge on any atom is 0.337 e. The standard InChI is InChI=1S/C24H30N2O6/c1-17(2)14-26(15-21(27)23(30)32-16-19-11-7-4-8-12-19)24(31)25-20(22(28)29)13-18-9-5-3-6-10-18/h3-12,17,20-21,27H,13-16H2,1-2H3,(H,25,31)(H,28,29)/t20-,21?/m0/s1. The molecular formula is C24H30N2O6. The summed E-state index contributed by atoms with van der Waals surface area (Å²) < 4.78 is 5.13. The van der Waals surface area contributed by atoms with E-state index in [1.165, 1.54) is 4.90 Å². The Labute approximate surface area is 187 Å². The molecule has 8 nitrogen and oxygen atoms in total. The molecule has 2 amide bonds. The molecule has 172 valence electrons. The van der Waals surface area contributed by atoms with Gasteiger partial charge in [-0.3, -0.25) is 0 Å². The molecule has 3 N–H and O–H groups in total. The molecule has 2 rings (SSSR count). The number of benzene rings is 2. The third kappa shape index (κ3) is 8.39.